The Morgan fingerprint density at radius 3 is 2.48 bits per heavy atom. The van der Waals surface area contributed by atoms with Gasteiger partial charge in [-0.2, -0.15) is 0 Å². The van der Waals surface area contributed by atoms with Crippen molar-refractivity contribution in [1.29, 1.82) is 0 Å². The largest absolute Gasteiger partial charge is 0.463 e. The van der Waals surface area contributed by atoms with Crippen LogP contribution in [0.2, 0.25) is 0 Å². The van der Waals surface area contributed by atoms with E-state index in [0.29, 0.717) is 5.76 Å². The Bertz CT molecular complexity index is 507. The minimum atomic E-state index is -1.11. The first-order valence-corrected chi connectivity index (χ1v) is 9.46. The number of hydrogen-bond donors (Lipinski definition) is 3. The standard InChI is InChI=1S/C19H36N4O2/c1-6-20-18(21-13-9-10-14-23(7-2)8-3)22-15-19(5,24)17-12-11-16(4)25-17/h11-12,24H,6-10,13-15H2,1-5H3,(H2,20,21,22). The lowest BCUT2D eigenvalue weighted by Crippen LogP contribution is -2.39. The van der Waals surface area contributed by atoms with Crippen molar-refractivity contribution in [2.45, 2.75) is 53.1 Å². The molecule has 1 aromatic rings. The number of aryl methyl sites for hydroxylation is 1. The van der Waals surface area contributed by atoms with Crippen molar-refractivity contribution in [3.63, 3.8) is 0 Å². The average Bonchev–Trinajstić information content (AvgIpc) is 3.03. The zero-order valence-corrected chi connectivity index (χ0v) is 16.6. The SMILES string of the molecule is CCNC(=NCC(C)(O)c1ccc(C)o1)NCCCCN(CC)CC. The molecule has 0 amide bonds. The Kier molecular flexibility index (Phi) is 9.60. The van der Waals surface area contributed by atoms with Gasteiger partial charge in [-0.15, -0.1) is 0 Å². The van der Waals surface area contributed by atoms with Crippen LogP contribution in [0, 0.1) is 6.92 Å². The molecular formula is C19H36N4O2. The fourth-order valence-corrected chi connectivity index (χ4v) is 2.58. The first-order valence-electron chi connectivity index (χ1n) is 9.46. The molecule has 0 aromatic carbocycles. The molecule has 0 aliphatic rings. The van der Waals surface area contributed by atoms with Crippen LogP contribution < -0.4 is 10.6 Å². The molecule has 6 heteroatoms. The smallest absolute Gasteiger partial charge is 0.191 e. The van der Waals surface area contributed by atoms with Crippen molar-refractivity contribution >= 4 is 5.96 Å². The summed E-state index contributed by atoms with van der Waals surface area (Å²) in [6.45, 7) is 15.3. The zero-order chi connectivity index (χ0) is 18.7. The Labute approximate surface area is 152 Å². The molecule has 1 unspecified atom stereocenters. The normalized spacial score (nSPS) is 14.6. The molecular weight excluding hydrogens is 316 g/mol. The molecule has 0 spiro atoms. The molecule has 3 N–H and O–H groups in total. The van der Waals surface area contributed by atoms with Crippen molar-refractivity contribution in [3.8, 4) is 0 Å². The fraction of sp³-hybridized carbons (Fsp3) is 0.737. The lowest BCUT2D eigenvalue weighted by molar-refractivity contribution is 0.0428. The molecule has 1 atom stereocenters. The number of rotatable bonds is 11. The van der Waals surface area contributed by atoms with E-state index in [2.05, 4.69) is 34.4 Å². The van der Waals surface area contributed by atoms with Crippen LogP contribution in [0.15, 0.2) is 21.5 Å². The highest BCUT2D eigenvalue weighted by Gasteiger charge is 2.26. The van der Waals surface area contributed by atoms with Crippen molar-refractivity contribution in [3.05, 3.63) is 23.7 Å². The van der Waals surface area contributed by atoms with Gasteiger partial charge in [-0.05, 0) is 65.4 Å². The molecule has 0 fully saturated rings. The molecule has 0 aliphatic carbocycles. The van der Waals surface area contributed by atoms with Crippen LogP contribution in [0.5, 0.6) is 0 Å². The monoisotopic (exact) mass is 352 g/mol. The van der Waals surface area contributed by atoms with E-state index in [4.69, 9.17) is 4.42 Å². The maximum absolute atomic E-state index is 10.6. The number of nitrogens with one attached hydrogen (secondary N) is 2. The van der Waals surface area contributed by atoms with Gasteiger partial charge in [-0.3, -0.25) is 0 Å². The third-order valence-electron chi connectivity index (χ3n) is 4.25. The molecule has 25 heavy (non-hydrogen) atoms. The van der Waals surface area contributed by atoms with Crippen LogP contribution in [0.4, 0.5) is 0 Å². The van der Waals surface area contributed by atoms with Crippen LogP contribution in [0.3, 0.4) is 0 Å². The van der Waals surface area contributed by atoms with Gasteiger partial charge in [0.05, 0.1) is 6.54 Å². The summed E-state index contributed by atoms with van der Waals surface area (Å²) in [5.74, 6) is 2.07. The second-order valence-electron chi connectivity index (χ2n) is 6.54. The summed E-state index contributed by atoms with van der Waals surface area (Å²) in [6.07, 6.45) is 2.26. The van der Waals surface area contributed by atoms with Gasteiger partial charge in [0, 0.05) is 13.1 Å². The number of unbranched alkanes of at least 4 members (excludes halogenated alkanes) is 1. The molecule has 0 aliphatic heterocycles. The van der Waals surface area contributed by atoms with E-state index in [1.807, 2.05) is 19.9 Å². The third-order valence-corrected chi connectivity index (χ3v) is 4.25. The number of guanidine groups is 1. The molecule has 6 nitrogen and oxygen atoms in total. The van der Waals surface area contributed by atoms with E-state index < -0.39 is 5.60 Å². The van der Waals surface area contributed by atoms with Crippen LogP contribution in [-0.4, -0.2) is 55.2 Å². The van der Waals surface area contributed by atoms with E-state index in [-0.39, 0.29) is 6.54 Å². The van der Waals surface area contributed by atoms with Crippen molar-refractivity contribution in [1.82, 2.24) is 15.5 Å². The predicted octanol–water partition coefficient (Wildman–Crippen LogP) is 2.47. The summed E-state index contributed by atoms with van der Waals surface area (Å²) in [5.41, 5.74) is -1.11. The van der Waals surface area contributed by atoms with Gasteiger partial charge in [0.2, 0.25) is 0 Å². The molecule has 1 aromatic heterocycles. The molecule has 0 saturated carbocycles. The van der Waals surface area contributed by atoms with Gasteiger partial charge in [0.1, 0.15) is 17.1 Å². The van der Waals surface area contributed by atoms with Gasteiger partial charge in [0.15, 0.2) is 5.96 Å². The summed E-state index contributed by atoms with van der Waals surface area (Å²) in [6, 6.07) is 3.66. The van der Waals surface area contributed by atoms with E-state index in [1.165, 1.54) is 0 Å². The van der Waals surface area contributed by atoms with Crippen molar-refractivity contribution < 1.29 is 9.52 Å². The lowest BCUT2D eigenvalue weighted by atomic mass is 10.0. The van der Waals surface area contributed by atoms with E-state index >= 15 is 0 Å². The summed E-state index contributed by atoms with van der Waals surface area (Å²) < 4.78 is 5.53. The Morgan fingerprint density at radius 2 is 1.92 bits per heavy atom. The van der Waals surface area contributed by atoms with Gasteiger partial charge in [0.25, 0.3) is 0 Å². The first kappa shape index (κ1) is 21.5. The molecule has 0 saturated heterocycles. The van der Waals surface area contributed by atoms with Gasteiger partial charge < -0.3 is 25.1 Å². The fourth-order valence-electron chi connectivity index (χ4n) is 2.58. The highest BCUT2D eigenvalue weighted by atomic mass is 16.4. The second-order valence-corrected chi connectivity index (χ2v) is 6.54. The van der Waals surface area contributed by atoms with Crippen molar-refractivity contribution in [2.75, 3.05) is 39.3 Å². The van der Waals surface area contributed by atoms with Gasteiger partial charge in [-0.25, -0.2) is 4.99 Å². The molecule has 0 bridgehead atoms. The molecule has 1 heterocycles. The Morgan fingerprint density at radius 1 is 1.20 bits per heavy atom. The highest BCUT2D eigenvalue weighted by molar-refractivity contribution is 5.79. The first-order chi connectivity index (χ1) is 11.9. The van der Waals surface area contributed by atoms with Crippen LogP contribution in [-0.2, 0) is 5.60 Å². The molecule has 0 radical (unpaired) electrons. The third kappa shape index (κ3) is 7.92. The van der Waals surface area contributed by atoms with Gasteiger partial charge >= 0.3 is 0 Å². The predicted molar refractivity (Wildman–Crippen MR) is 104 cm³/mol. The number of hydrogen-bond acceptors (Lipinski definition) is 4. The topological polar surface area (TPSA) is 73.0 Å². The summed E-state index contributed by atoms with van der Waals surface area (Å²) in [7, 11) is 0. The van der Waals surface area contributed by atoms with Gasteiger partial charge in [-0.1, -0.05) is 13.8 Å². The number of nitrogens with zero attached hydrogens (tertiary/aromatic N) is 2. The summed E-state index contributed by atoms with van der Waals surface area (Å²) in [4.78, 5) is 6.94. The van der Waals surface area contributed by atoms with E-state index in [0.717, 1.165) is 57.3 Å². The van der Waals surface area contributed by atoms with E-state index in [1.54, 1.807) is 13.0 Å². The quantitative estimate of drug-likeness (QED) is 0.324. The maximum atomic E-state index is 10.6. The summed E-state index contributed by atoms with van der Waals surface area (Å²) >= 11 is 0. The van der Waals surface area contributed by atoms with Crippen LogP contribution in [0.1, 0.15) is 52.1 Å². The second kappa shape index (κ2) is 11.2. The van der Waals surface area contributed by atoms with E-state index in [9.17, 15) is 5.11 Å². The minimum absolute atomic E-state index is 0.245. The highest BCUT2D eigenvalue weighted by Crippen LogP contribution is 2.22. The maximum Gasteiger partial charge on any atom is 0.191 e. The Hall–Kier alpha value is -1.53. The van der Waals surface area contributed by atoms with Crippen molar-refractivity contribution in [2.24, 2.45) is 4.99 Å². The number of aliphatic imine (C=N–C) groups is 1. The van der Waals surface area contributed by atoms with Crippen LogP contribution >= 0.6 is 0 Å². The Balaban J connectivity index is 2.45. The minimum Gasteiger partial charge on any atom is -0.463 e. The zero-order valence-electron chi connectivity index (χ0n) is 16.6. The summed E-state index contributed by atoms with van der Waals surface area (Å²) in [5, 5.41) is 17.1. The van der Waals surface area contributed by atoms with Crippen LogP contribution in [0.25, 0.3) is 0 Å². The lowest BCUT2D eigenvalue weighted by Gasteiger charge is -2.20. The molecule has 1 rings (SSSR count). The molecule has 144 valence electrons. The average molecular weight is 353 g/mol. The number of aliphatic hydroxyl groups is 1. The number of furan rings is 1.